The summed E-state index contributed by atoms with van der Waals surface area (Å²) in [6, 6.07) is 7.49. The van der Waals surface area contributed by atoms with E-state index in [0.29, 0.717) is 5.56 Å². The number of allylic oxidation sites excluding steroid dienone is 1. The fraction of sp³-hybridized carbons (Fsp3) is 0.471. The molecule has 1 aromatic carbocycles. The number of rotatable bonds is 7. The van der Waals surface area contributed by atoms with E-state index in [9.17, 15) is 4.79 Å². The minimum atomic E-state index is -0.149. The van der Waals surface area contributed by atoms with Gasteiger partial charge in [-0.1, -0.05) is 23.8 Å². The van der Waals surface area contributed by atoms with Crippen molar-refractivity contribution in [3.63, 3.8) is 0 Å². The third kappa shape index (κ3) is 4.90. The number of benzene rings is 1. The van der Waals surface area contributed by atoms with Crippen molar-refractivity contribution in [1.82, 2.24) is 5.32 Å². The van der Waals surface area contributed by atoms with Gasteiger partial charge in [0.1, 0.15) is 0 Å². The molecule has 1 aliphatic carbocycles. The molecule has 1 aliphatic rings. The smallest absolute Gasteiger partial charge is 0.253 e. The molecule has 21 heavy (non-hydrogen) atoms. The monoisotopic (exact) mass is 288 g/mol. The summed E-state index contributed by atoms with van der Waals surface area (Å²) < 4.78 is 0. The second kappa shape index (κ2) is 8.47. The lowest BCUT2D eigenvalue weighted by molar-refractivity contribution is 0.0945. The van der Waals surface area contributed by atoms with Gasteiger partial charge in [-0.2, -0.15) is 0 Å². The summed E-state index contributed by atoms with van der Waals surface area (Å²) in [6.45, 7) is 1.08. The molecule has 4 heteroatoms. The summed E-state index contributed by atoms with van der Waals surface area (Å²) in [4.78, 5) is 12.0. The summed E-state index contributed by atoms with van der Waals surface area (Å²) in [6.07, 6.45) is 8.41. The van der Waals surface area contributed by atoms with Crippen molar-refractivity contribution < 1.29 is 9.90 Å². The first-order valence-corrected chi connectivity index (χ1v) is 7.71. The van der Waals surface area contributed by atoms with Gasteiger partial charge < -0.3 is 15.7 Å². The molecule has 0 atom stereocenters. The van der Waals surface area contributed by atoms with Crippen LogP contribution in [0, 0.1) is 0 Å². The first-order valence-electron chi connectivity index (χ1n) is 7.71. The molecule has 0 heterocycles. The highest BCUT2D eigenvalue weighted by Gasteiger charge is 2.10. The summed E-state index contributed by atoms with van der Waals surface area (Å²) in [5.41, 5.74) is 3.00. The van der Waals surface area contributed by atoms with Crippen LogP contribution in [0.1, 0.15) is 42.5 Å². The largest absolute Gasteiger partial charge is 0.395 e. The Morgan fingerprint density at radius 2 is 2.05 bits per heavy atom. The Morgan fingerprint density at radius 3 is 2.81 bits per heavy atom. The molecule has 0 spiro atoms. The lowest BCUT2D eigenvalue weighted by Gasteiger charge is -2.15. The lowest BCUT2D eigenvalue weighted by atomic mass is 9.97. The van der Waals surface area contributed by atoms with Crippen LogP contribution in [0.25, 0.3) is 0 Å². The van der Waals surface area contributed by atoms with Crippen molar-refractivity contribution in [3.8, 4) is 0 Å². The molecule has 1 aromatic rings. The van der Waals surface area contributed by atoms with Crippen LogP contribution in [-0.4, -0.2) is 30.7 Å². The number of hydrogen-bond donors (Lipinski definition) is 3. The van der Waals surface area contributed by atoms with Crippen LogP contribution >= 0.6 is 0 Å². The van der Waals surface area contributed by atoms with Gasteiger partial charge in [0.15, 0.2) is 0 Å². The molecule has 0 fully saturated rings. The molecule has 0 saturated heterocycles. The van der Waals surface area contributed by atoms with Crippen LogP contribution in [0.15, 0.2) is 35.9 Å². The zero-order valence-electron chi connectivity index (χ0n) is 12.4. The summed E-state index contributed by atoms with van der Waals surface area (Å²) >= 11 is 0. The summed E-state index contributed by atoms with van der Waals surface area (Å²) in [5, 5.41) is 14.8. The fourth-order valence-electron chi connectivity index (χ4n) is 2.59. The highest BCUT2D eigenvalue weighted by Crippen LogP contribution is 2.21. The Labute approximate surface area is 126 Å². The number of carbonyl (C=O) groups excluding carboxylic acids is 1. The van der Waals surface area contributed by atoms with Crippen LogP contribution in [0.5, 0.6) is 0 Å². The van der Waals surface area contributed by atoms with E-state index in [-0.39, 0.29) is 19.1 Å². The average molecular weight is 288 g/mol. The maximum atomic E-state index is 12.0. The van der Waals surface area contributed by atoms with Gasteiger partial charge in [-0.25, -0.2) is 0 Å². The quantitative estimate of drug-likeness (QED) is 0.676. The van der Waals surface area contributed by atoms with Gasteiger partial charge in [-0.05, 0) is 44.2 Å². The molecular weight excluding hydrogens is 264 g/mol. The summed E-state index contributed by atoms with van der Waals surface area (Å²) in [7, 11) is 0. The van der Waals surface area contributed by atoms with Crippen molar-refractivity contribution in [2.75, 3.05) is 25.0 Å². The van der Waals surface area contributed by atoms with E-state index in [1.165, 1.54) is 31.3 Å². The molecule has 1 amide bonds. The Kier molecular flexibility index (Phi) is 6.28. The van der Waals surface area contributed by atoms with Gasteiger partial charge >= 0.3 is 0 Å². The van der Waals surface area contributed by atoms with Crippen molar-refractivity contribution >= 4 is 11.6 Å². The SMILES string of the molecule is O=C(NCCO)c1ccccc1NCCC1=CCCCC1. The first kappa shape index (κ1) is 15.6. The van der Waals surface area contributed by atoms with E-state index in [1.54, 1.807) is 6.07 Å². The Balaban J connectivity index is 1.90. The molecule has 2 rings (SSSR count). The average Bonchev–Trinajstić information content (AvgIpc) is 2.54. The van der Waals surface area contributed by atoms with E-state index in [0.717, 1.165) is 18.7 Å². The third-order valence-electron chi connectivity index (χ3n) is 3.72. The Morgan fingerprint density at radius 1 is 1.19 bits per heavy atom. The molecule has 0 bridgehead atoms. The normalized spacial score (nSPS) is 14.4. The van der Waals surface area contributed by atoms with E-state index < -0.39 is 0 Å². The van der Waals surface area contributed by atoms with Crippen LogP contribution < -0.4 is 10.6 Å². The van der Waals surface area contributed by atoms with E-state index in [2.05, 4.69) is 16.7 Å². The predicted octanol–water partition coefficient (Wildman–Crippen LogP) is 2.71. The molecule has 0 aliphatic heterocycles. The molecule has 0 aromatic heterocycles. The molecule has 0 saturated carbocycles. The van der Waals surface area contributed by atoms with E-state index in [4.69, 9.17) is 5.11 Å². The maximum absolute atomic E-state index is 12.0. The van der Waals surface area contributed by atoms with Crippen molar-refractivity contribution in [2.45, 2.75) is 32.1 Å². The molecule has 3 N–H and O–H groups in total. The highest BCUT2D eigenvalue weighted by molar-refractivity contribution is 5.99. The molecule has 0 unspecified atom stereocenters. The number of aliphatic hydroxyl groups is 1. The molecular formula is C17H24N2O2. The molecule has 114 valence electrons. The van der Waals surface area contributed by atoms with Gasteiger partial charge in [0.25, 0.3) is 5.91 Å². The minimum Gasteiger partial charge on any atom is -0.395 e. The number of carbonyl (C=O) groups is 1. The molecule has 4 nitrogen and oxygen atoms in total. The fourth-order valence-corrected chi connectivity index (χ4v) is 2.59. The Bertz CT molecular complexity index is 497. The van der Waals surface area contributed by atoms with Crippen LogP contribution in [0.3, 0.4) is 0 Å². The number of para-hydroxylation sites is 1. The second-order valence-electron chi connectivity index (χ2n) is 5.31. The third-order valence-corrected chi connectivity index (χ3v) is 3.72. The Hall–Kier alpha value is -1.81. The van der Waals surface area contributed by atoms with Gasteiger partial charge in [0.2, 0.25) is 0 Å². The van der Waals surface area contributed by atoms with Gasteiger partial charge in [0.05, 0.1) is 12.2 Å². The van der Waals surface area contributed by atoms with E-state index in [1.807, 2.05) is 18.2 Å². The summed E-state index contributed by atoms with van der Waals surface area (Å²) in [5.74, 6) is -0.149. The van der Waals surface area contributed by atoms with Crippen LogP contribution in [0.2, 0.25) is 0 Å². The number of hydrogen-bond acceptors (Lipinski definition) is 3. The molecule has 0 radical (unpaired) electrons. The van der Waals surface area contributed by atoms with E-state index >= 15 is 0 Å². The first-order chi connectivity index (χ1) is 10.3. The number of anilines is 1. The highest BCUT2D eigenvalue weighted by atomic mass is 16.3. The van der Waals surface area contributed by atoms with Crippen molar-refractivity contribution in [3.05, 3.63) is 41.5 Å². The van der Waals surface area contributed by atoms with Crippen LogP contribution in [0.4, 0.5) is 5.69 Å². The second-order valence-corrected chi connectivity index (χ2v) is 5.31. The zero-order chi connectivity index (χ0) is 14.9. The number of aliphatic hydroxyl groups excluding tert-OH is 1. The maximum Gasteiger partial charge on any atom is 0.253 e. The van der Waals surface area contributed by atoms with Gasteiger partial charge in [0, 0.05) is 18.8 Å². The van der Waals surface area contributed by atoms with Crippen molar-refractivity contribution in [1.29, 1.82) is 0 Å². The standard InChI is InChI=1S/C17H24N2O2/c20-13-12-19-17(21)15-8-4-5-9-16(15)18-11-10-14-6-2-1-3-7-14/h4-6,8-9,18,20H,1-3,7,10-13H2,(H,19,21). The van der Waals surface area contributed by atoms with Crippen molar-refractivity contribution in [2.24, 2.45) is 0 Å². The van der Waals surface area contributed by atoms with Crippen LogP contribution in [-0.2, 0) is 0 Å². The van der Waals surface area contributed by atoms with Gasteiger partial charge in [-0.15, -0.1) is 0 Å². The lowest BCUT2D eigenvalue weighted by Crippen LogP contribution is -2.27. The zero-order valence-corrected chi connectivity index (χ0v) is 12.4. The number of nitrogens with one attached hydrogen (secondary N) is 2. The number of amides is 1. The predicted molar refractivity (Wildman–Crippen MR) is 85.5 cm³/mol. The van der Waals surface area contributed by atoms with Gasteiger partial charge in [-0.3, -0.25) is 4.79 Å². The minimum absolute atomic E-state index is 0.0461. The topological polar surface area (TPSA) is 61.4 Å².